The number of hydrogen-bond donors (Lipinski definition) is 1. The van der Waals surface area contributed by atoms with Crippen molar-refractivity contribution >= 4 is 24.8 Å². The van der Waals surface area contributed by atoms with E-state index in [1.165, 1.54) is 20.1 Å². The van der Waals surface area contributed by atoms with Gasteiger partial charge in [0.2, 0.25) is 6.79 Å². The fraction of sp³-hybridized carbons (Fsp3) is 0.526. The molecule has 152 valence electrons. The maximum absolute atomic E-state index is 12.5. The molecule has 1 aromatic rings. The number of benzene rings is 1. The molecule has 0 spiro atoms. The number of ketones is 1. The van der Waals surface area contributed by atoms with Crippen LogP contribution in [0, 0.1) is 5.41 Å². The minimum Gasteiger partial charge on any atom is -0.535 e. The van der Waals surface area contributed by atoms with Crippen molar-refractivity contribution in [2.45, 2.75) is 46.4 Å². The Labute approximate surface area is 164 Å². The van der Waals surface area contributed by atoms with Crippen molar-refractivity contribution in [3.05, 3.63) is 23.3 Å². The normalized spacial score (nSPS) is 15.9. The topological polar surface area (TPSA) is 108 Å². The fourth-order valence-corrected chi connectivity index (χ4v) is 2.79. The molecule has 0 amide bonds. The zero-order valence-electron chi connectivity index (χ0n) is 16.7. The number of Topliss-reactive ketones (excluding diaryl/α,β-unsaturated/α-hetero) is 1. The monoisotopic (exact) mass is 392 g/mol. The van der Waals surface area contributed by atoms with Crippen LogP contribution in [0.15, 0.2) is 12.1 Å². The van der Waals surface area contributed by atoms with Crippen molar-refractivity contribution in [3.63, 3.8) is 0 Å². The number of esters is 2. The van der Waals surface area contributed by atoms with Crippen LogP contribution in [-0.4, -0.2) is 43.8 Å². The maximum Gasteiger partial charge on any atom is 0.526 e. The Bertz CT molecular complexity index is 768. The molecule has 0 saturated carbocycles. The summed E-state index contributed by atoms with van der Waals surface area (Å²) < 4.78 is 20.7. The summed E-state index contributed by atoms with van der Waals surface area (Å²) in [5.41, 5.74) is -0.0588. The van der Waals surface area contributed by atoms with Crippen molar-refractivity contribution in [2.24, 2.45) is 5.41 Å². The number of carbonyl (C=O) groups is 3. The molecule has 0 saturated heterocycles. The van der Waals surface area contributed by atoms with E-state index in [0.717, 1.165) is 0 Å². The summed E-state index contributed by atoms with van der Waals surface area (Å²) in [5, 5.41) is 10.2. The van der Waals surface area contributed by atoms with Crippen molar-refractivity contribution in [1.82, 2.24) is 0 Å². The second kappa shape index (κ2) is 8.64. The van der Waals surface area contributed by atoms with E-state index in [1.807, 2.05) is 0 Å². The molecule has 8 nitrogen and oxygen atoms in total. The number of methoxy groups -OCH3 is 1. The lowest BCUT2D eigenvalue weighted by Crippen LogP contribution is -2.35. The van der Waals surface area contributed by atoms with Gasteiger partial charge in [0.1, 0.15) is 22.8 Å². The van der Waals surface area contributed by atoms with Crippen LogP contribution in [0.4, 0.5) is 0 Å². The Hall–Kier alpha value is -2.55. The molecule has 28 heavy (non-hydrogen) atoms. The molecular weight excluding hydrogens is 367 g/mol. The minimum atomic E-state index is -1.23. The van der Waals surface area contributed by atoms with Gasteiger partial charge in [0.15, 0.2) is 0 Å². The summed E-state index contributed by atoms with van der Waals surface area (Å²) in [4.78, 5) is 35.7. The van der Waals surface area contributed by atoms with Gasteiger partial charge >= 0.3 is 19.1 Å². The van der Waals surface area contributed by atoms with Crippen molar-refractivity contribution in [3.8, 4) is 11.5 Å². The number of hydrogen-bond acceptors (Lipinski definition) is 8. The maximum atomic E-state index is 12.5. The molecule has 0 aromatic heterocycles. The molecule has 0 unspecified atom stereocenters. The third-order valence-electron chi connectivity index (χ3n) is 4.26. The van der Waals surface area contributed by atoms with E-state index >= 15 is 0 Å². The van der Waals surface area contributed by atoms with E-state index in [1.54, 1.807) is 26.8 Å². The van der Waals surface area contributed by atoms with Gasteiger partial charge < -0.3 is 28.7 Å². The Morgan fingerprint density at radius 1 is 1.25 bits per heavy atom. The lowest BCUT2D eigenvalue weighted by Gasteiger charge is -2.28. The molecule has 0 fully saturated rings. The third kappa shape index (κ3) is 5.25. The summed E-state index contributed by atoms with van der Waals surface area (Å²) in [6, 6.07) is 3.11. The van der Waals surface area contributed by atoms with Crippen LogP contribution in [0.5, 0.6) is 11.5 Å². The molecule has 1 N–H and O–H groups in total. The molecule has 1 atom stereocenters. The Morgan fingerprint density at radius 2 is 1.93 bits per heavy atom. The molecule has 1 aromatic carbocycles. The molecular formula is C19H25BO8. The lowest BCUT2D eigenvalue weighted by molar-refractivity contribution is -0.161. The Kier molecular flexibility index (Phi) is 6.71. The highest BCUT2D eigenvalue weighted by Crippen LogP contribution is 2.39. The molecule has 9 heteroatoms. The SMILES string of the molecule is COc1cc2c(c(C(=O)OCOC(=O)C(C)(C)C)c1)OB(O)[C@@H](CC(C)=O)C2. The smallest absolute Gasteiger partial charge is 0.526 e. The number of rotatable bonds is 6. The summed E-state index contributed by atoms with van der Waals surface area (Å²) in [5.74, 6) is -1.21. The standard InChI is InChI=1S/C19H25BO8/c1-11(21)6-13-7-12-8-14(25-5)9-15(16(12)28-20(13)24)17(22)26-10-27-18(23)19(2,3)4/h8-9,13,24H,6-7,10H2,1-5H3/t13-/m0/s1. The molecule has 0 aliphatic carbocycles. The van der Waals surface area contributed by atoms with E-state index in [4.69, 9.17) is 18.9 Å². The average molecular weight is 392 g/mol. The van der Waals surface area contributed by atoms with Crippen LogP contribution in [0.25, 0.3) is 0 Å². The van der Waals surface area contributed by atoms with Gasteiger partial charge in [-0.3, -0.25) is 4.79 Å². The molecule has 0 bridgehead atoms. The zero-order valence-corrected chi connectivity index (χ0v) is 16.7. The van der Waals surface area contributed by atoms with Gasteiger partial charge in [0.05, 0.1) is 12.5 Å². The predicted molar refractivity (Wildman–Crippen MR) is 100 cm³/mol. The largest absolute Gasteiger partial charge is 0.535 e. The predicted octanol–water partition coefficient (Wildman–Crippen LogP) is 2.16. The first-order valence-electron chi connectivity index (χ1n) is 8.92. The van der Waals surface area contributed by atoms with Gasteiger partial charge in [-0.1, -0.05) is 0 Å². The molecule has 0 radical (unpaired) electrons. The van der Waals surface area contributed by atoms with Gasteiger partial charge in [0.25, 0.3) is 0 Å². The Morgan fingerprint density at radius 3 is 2.50 bits per heavy atom. The van der Waals surface area contributed by atoms with Gasteiger partial charge in [-0.15, -0.1) is 0 Å². The second-order valence-corrected chi connectivity index (χ2v) is 7.77. The van der Waals surface area contributed by atoms with E-state index in [2.05, 4.69) is 0 Å². The number of carbonyl (C=O) groups excluding carboxylic acids is 3. The summed E-state index contributed by atoms with van der Waals surface area (Å²) in [6.45, 7) is 5.94. The minimum absolute atomic E-state index is 0.0430. The van der Waals surface area contributed by atoms with Gasteiger partial charge in [-0.25, -0.2) is 4.79 Å². The quantitative estimate of drug-likeness (QED) is 0.446. The average Bonchev–Trinajstić information content (AvgIpc) is 2.60. The number of ether oxygens (including phenoxy) is 3. The van der Waals surface area contributed by atoms with Gasteiger partial charge in [0, 0.05) is 12.2 Å². The van der Waals surface area contributed by atoms with Crippen LogP contribution in [-0.2, 0) is 25.5 Å². The van der Waals surface area contributed by atoms with Crippen LogP contribution in [0.2, 0.25) is 5.82 Å². The summed E-state index contributed by atoms with van der Waals surface area (Å²) in [7, 11) is 0.225. The highest BCUT2D eigenvalue weighted by Gasteiger charge is 2.38. The van der Waals surface area contributed by atoms with Crippen molar-refractivity contribution in [1.29, 1.82) is 0 Å². The van der Waals surface area contributed by atoms with E-state index in [0.29, 0.717) is 17.7 Å². The van der Waals surface area contributed by atoms with Gasteiger partial charge in [-0.2, -0.15) is 0 Å². The van der Waals surface area contributed by atoms with Crippen LogP contribution in [0.3, 0.4) is 0 Å². The van der Waals surface area contributed by atoms with E-state index < -0.39 is 37.1 Å². The van der Waals surface area contributed by atoms with Crippen LogP contribution < -0.4 is 9.39 Å². The second-order valence-electron chi connectivity index (χ2n) is 7.77. The number of fused-ring (bicyclic) bond motifs is 1. The summed E-state index contributed by atoms with van der Waals surface area (Å²) >= 11 is 0. The Balaban J connectivity index is 2.20. The molecule has 1 aliphatic rings. The summed E-state index contributed by atoms with van der Waals surface area (Å²) in [6.07, 6.45) is 0.493. The first kappa shape index (κ1) is 21.8. The first-order chi connectivity index (χ1) is 13.0. The van der Waals surface area contributed by atoms with E-state index in [-0.39, 0.29) is 23.5 Å². The lowest BCUT2D eigenvalue weighted by atomic mass is 9.64. The van der Waals surface area contributed by atoms with Gasteiger partial charge in [-0.05, 0) is 51.8 Å². The third-order valence-corrected chi connectivity index (χ3v) is 4.26. The molecule has 2 rings (SSSR count). The van der Waals surface area contributed by atoms with E-state index in [9.17, 15) is 19.4 Å². The van der Waals surface area contributed by atoms with Crippen LogP contribution in [0.1, 0.15) is 50.0 Å². The highest BCUT2D eigenvalue weighted by atomic mass is 16.7. The fourth-order valence-electron chi connectivity index (χ4n) is 2.79. The molecule has 1 heterocycles. The van der Waals surface area contributed by atoms with Crippen molar-refractivity contribution < 1.29 is 38.3 Å². The molecule has 1 aliphatic heterocycles. The highest BCUT2D eigenvalue weighted by molar-refractivity contribution is 6.47. The zero-order chi connectivity index (χ0) is 21.1. The first-order valence-corrected chi connectivity index (χ1v) is 8.92. The van der Waals surface area contributed by atoms with Crippen LogP contribution >= 0.6 is 0 Å². The van der Waals surface area contributed by atoms with Crippen molar-refractivity contribution in [2.75, 3.05) is 13.9 Å².